The summed E-state index contributed by atoms with van der Waals surface area (Å²) in [5, 5.41) is 28.7. The summed E-state index contributed by atoms with van der Waals surface area (Å²) in [5.74, 6) is -0.521. The summed E-state index contributed by atoms with van der Waals surface area (Å²) in [7, 11) is 1.57. The Morgan fingerprint density at radius 2 is 2.16 bits per heavy atom. The molecule has 1 atom stereocenters. The zero-order chi connectivity index (χ0) is 23.3. The lowest BCUT2D eigenvalue weighted by molar-refractivity contribution is -0.00177. The van der Waals surface area contributed by atoms with Gasteiger partial charge in [0.05, 0.1) is 58.7 Å². The number of carbonyl (C=O) groups excluding carboxylic acids is 1. The topological polar surface area (TPSA) is 125 Å². The lowest BCUT2D eigenvalue weighted by Crippen LogP contribution is -2.42. The molecule has 3 rings (SSSR count). The van der Waals surface area contributed by atoms with Crippen LogP contribution in [0.4, 0.5) is 10.1 Å². The quantitative estimate of drug-likeness (QED) is 0.436. The molecule has 10 heteroatoms. The predicted molar refractivity (Wildman–Crippen MR) is 117 cm³/mol. The van der Waals surface area contributed by atoms with Crippen molar-refractivity contribution in [3.63, 3.8) is 0 Å². The van der Waals surface area contributed by atoms with Crippen molar-refractivity contribution < 1.29 is 19.0 Å². The van der Waals surface area contributed by atoms with Gasteiger partial charge in [0.1, 0.15) is 12.2 Å². The Labute approximate surface area is 184 Å². The van der Waals surface area contributed by atoms with Crippen LogP contribution >= 0.6 is 0 Å². The van der Waals surface area contributed by atoms with E-state index in [1.807, 2.05) is 12.1 Å². The number of halogens is 1. The monoisotopic (exact) mass is 440 g/mol. The maximum absolute atomic E-state index is 14.0. The molecule has 0 aliphatic heterocycles. The molecule has 168 valence electrons. The van der Waals surface area contributed by atoms with E-state index in [9.17, 15) is 14.3 Å². The molecule has 0 spiro atoms. The van der Waals surface area contributed by atoms with Gasteiger partial charge in [0.25, 0.3) is 5.91 Å². The molecular weight excluding hydrogens is 415 g/mol. The van der Waals surface area contributed by atoms with Crippen LogP contribution in [-0.2, 0) is 4.74 Å². The van der Waals surface area contributed by atoms with Gasteiger partial charge in [0.2, 0.25) is 0 Å². The van der Waals surface area contributed by atoms with Crippen LogP contribution < -0.4 is 10.6 Å². The number of aromatic nitrogens is 3. The predicted octanol–water partition coefficient (Wildman–Crippen LogP) is 2.17. The maximum atomic E-state index is 14.0. The smallest absolute Gasteiger partial charge is 0.255 e. The fourth-order valence-electron chi connectivity index (χ4n) is 2.99. The van der Waals surface area contributed by atoms with Crippen molar-refractivity contribution in [2.24, 2.45) is 0 Å². The van der Waals surface area contributed by atoms with Gasteiger partial charge in [-0.2, -0.15) is 10.4 Å². The number of pyridine rings is 1. The maximum Gasteiger partial charge on any atom is 0.255 e. The van der Waals surface area contributed by atoms with Crippen LogP contribution in [0.25, 0.3) is 16.9 Å². The van der Waals surface area contributed by atoms with Crippen molar-refractivity contribution in [3.05, 3.63) is 47.8 Å². The van der Waals surface area contributed by atoms with Gasteiger partial charge in [0, 0.05) is 19.9 Å². The van der Waals surface area contributed by atoms with Gasteiger partial charge in [-0.1, -0.05) is 0 Å². The van der Waals surface area contributed by atoms with Gasteiger partial charge in [-0.25, -0.2) is 8.91 Å². The average Bonchev–Trinajstić information content (AvgIpc) is 3.19. The van der Waals surface area contributed by atoms with Crippen LogP contribution in [-0.4, -0.2) is 64.2 Å². The first kappa shape index (κ1) is 23.1. The second-order valence-electron chi connectivity index (χ2n) is 7.78. The molecule has 3 N–H and O–H groups in total. The molecule has 0 saturated carbocycles. The second-order valence-corrected chi connectivity index (χ2v) is 7.78. The van der Waals surface area contributed by atoms with Gasteiger partial charge in [0.15, 0.2) is 0 Å². The van der Waals surface area contributed by atoms with Crippen LogP contribution in [0.5, 0.6) is 0 Å². The van der Waals surface area contributed by atoms with Gasteiger partial charge < -0.3 is 20.5 Å². The van der Waals surface area contributed by atoms with Crippen LogP contribution in [0.2, 0.25) is 0 Å². The molecule has 0 aliphatic rings. The number of nitriles is 1. The highest BCUT2D eigenvalue weighted by Crippen LogP contribution is 2.25. The van der Waals surface area contributed by atoms with E-state index in [1.54, 1.807) is 23.8 Å². The van der Waals surface area contributed by atoms with E-state index < -0.39 is 17.7 Å². The Bertz CT molecular complexity index is 1150. The van der Waals surface area contributed by atoms with Crippen molar-refractivity contribution in [2.45, 2.75) is 25.6 Å². The van der Waals surface area contributed by atoms with Crippen molar-refractivity contribution >= 4 is 17.1 Å². The van der Waals surface area contributed by atoms with Crippen LogP contribution in [0.1, 0.15) is 29.8 Å². The van der Waals surface area contributed by atoms with Gasteiger partial charge in [-0.3, -0.25) is 9.78 Å². The normalized spacial score (nSPS) is 12.4. The third-order valence-corrected chi connectivity index (χ3v) is 4.87. The average molecular weight is 440 g/mol. The zero-order valence-electron chi connectivity index (χ0n) is 18.1. The molecule has 1 unspecified atom stereocenters. The van der Waals surface area contributed by atoms with E-state index in [0.29, 0.717) is 35.8 Å². The van der Waals surface area contributed by atoms with Gasteiger partial charge in [-0.05, 0) is 38.1 Å². The first-order valence-electron chi connectivity index (χ1n) is 10.0. The number of hydrogen-bond donors (Lipinski definition) is 3. The summed E-state index contributed by atoms with van der Waals surface area (Å²) >= 11 is 0. The zero-order valence-corrected chi connectivity index (χ0v) is 18.1. The molecular formula is C22H25FN6O3. The number of rotatable bonds is 9. The highest BCUT2D eigenvalue weighted by Gasteiger charge is 2.27. The van der Waals surface area contributed by atoms with Crippen molar-refractivity contribution in [1.29, 1.82) is 5.26 Å². The first-order valence-corrected chi connectivity index (χ1v) is 10.0. The second kappa shape index (κ2) is 9.72. The number of fused-ring (bicyclic) bond motifs is 1. The van der Waals surface area contributed by atoms with Crippen molar-refractivity contribution in [3.8, 4) is 17.5 Å². The SMILES string of the molecule is COCCNc1cc(-c2ccc3cc(C#N)cnn23)ncc1C(=O)NCC(F)C(C)(C)O. The molecule has 32 heavy (non-hydrogen) atoms. The number of ether oxygens (including phenoxy) is 1. The molecule has 0 radical (unpaired) electrons. The fourth-order valence-corrected chi connectivity index (χ4v) is 2.99. The molecule has 3 heterocycles. The molecule has 9 nitrogen and oxygen atoms in total. The Balaban J connectivity index is 1.91. The van der Waals surface area contributed by atoms with E-state index in [2.05, 4.69) is 26.8 Å². The lowest BCUT2D eigenvalue weighted by atomic mass is 10.0. The molecule has 0 fully saturated rings. The Hall–Kier alpha value is -3.55. The molecule has 0 aromatic carbocycles. The molecule has 1 amide bonds. The highest BCUT2D eigenvalue weighted by atomic mass is 19.1. The van der Waals surface area contributed by atoms with E-state index in [1.165, 1.54) is 26.2 Å². The number of methoxy groups -OCH3 is 1. The molecule has 0 aliphatic carbocycles. The number of hydrogen-bond acceptors (Lipinski definition) is 7. The summed E-state index contributed by atoms with van der Waals surface area (Å²) in [6.45, 7) is 3.20. The lowest BCUT2D eigenvalue weighted by Gasteiger charge is -2.22. The van der Waals surface area contributed by atoms with Gasteiger partial charge >= 0.3 is 0 Å². The minimum Gasteiger partial charge on any atom is -0.387 e. The van der Waals surface area contributed by atoms with Crippen LogP contribution in [0.3, 0.4) is 0 Å². The highest BCUT2D eigenvalue weighted by molar-refractivity contribution is 6.00. The Kier molecular flexibility index (Phi) is 7.02. The minimum absolute atomic E-state index is 0.230. The molecule has 3 aromatic rings. The number of nitrogens with one attached hydrogen (secondary N) is 2. The summed E-state index contributed by atoms with van der Waals surface area (Å²) < 4.78 is 20.8. The van der Waals surface area contributed by atoms with Gasteiger partial charge in [-0.15, -0.1) is 0 Å². The first-order chi connectivity index (χ1) is 15.2. The summed E-state index contributed by atoms with van der Waals surface area (Å²) in [5.41, 5.74) is 1.57. The third kappa shape index (κ3) is 5.19. The van der Waals surface area contributed by atoms with Crippen LogP contribution in [0, 0.1) is 11.3 Å². The minimum atomic E-state index is -1.62. The Morgan fingerprint density at radius 3 is 2.84 bits per heavy atom. The molecule has 3 aromatic heterocycles. The number of aliphatic hydroxyl groups is 1. The third-order valence-electron chi connectivity index (χ3n) is 4.87. The summed E-state index contributed by atoms with van der Waals surface area (Å²) in [4.78, 5) is 17.1. The molecule has 0 saturated heterocycles. The summed E-state index contributed by atoms with van der Waals surface area (Å²) in [6, 6.07) is 9.11. The fraction of sp³-hybridized carbons (Fsp3) is 0.364. The molecule has 0 bridgehead atoms. The number of nitrogens with zero attached hydrogens (tertiary/aromatic N) is 4. The van der Waals surface area contributed by atoms with E-state index in [-0.39, 0.29) is 12.1 Å². The number of alkyl halides is 1. The van der Waals surface area contributed by atoms with Crippen molar-refractivity contribution in [1.82, 2.24) is 19.9 Å². The van der Waals surface area contributed by atoms with E-state index in [0.717, 1.165) is 5.52 Å². The summed E-state index contributed by atoms with van der Waals surface area (Å²) in [6.07, 6.45) is 1.24. The van der Waals surface area contributed by atoms with Crippen LogP contribution in [0.15, 0.2) is 36.7 Å². The number of amides is 1. The van der Waals surface area contributed by atoms with E-state index >= 15 is 0 Å². The standard InChI is InChI=1S/C22H25FN6O3/c1-22(2,31)20(23)13-27-21(30)16-12-26-18(9-17(16)25-6-7-32-3)19-5-4-15-8-14(10-24)11-28-29(15)19/h4-5,8-9,11-12,20,31H,6-7,13H2,1-3H3,(H,25,26)(H,27,30). The van der Waals surface area contributed by atoms with E-state index in [4.69, 9.17) is 10.00 Å². The van der Waals surface area contributed by atoms with Crippen molar-refractivity contribution in [2.75, 3.05) is 32.1 Å². The number of anilines is 1. The largest absolute Gasteiger partial charge is 0.387 e. The number of carbonyl (C=O) groups is 1. The Morgan fingerprint density at radius 1 is 1.38 bits per heavy atom.